The minimum absolute atomic E-state index is 0. The Kier molecular flexibility index (Phi) is 13.4. The average Bonchev–Trinajstić information content (AvgIpc) is 2.52. The van der Waals surface area contributed by atoms with Crippen LogP contribution in [0.15, 0.2) is 30.3 Å². The van der Waals surface area contributed by atoms with Gasteiger partial charge in [-0.3, -0.25) is 0 Å². The monoisotopic (exact) mass is 454 g/mol. The number of rotatable bonds is 11. The Hall–Kier alpha value is -0.529. The summed E-state index contributed by atoms with van der Waals surface area (Å²) >= 11 is 0. The zero-order valence-electron chi connectivity index (χ0n) is 14.4. The SMILES string of the molecule is CCCCCCCCCc1ccc(/C(=C/C(=O)[O-])C(=O)[O-])cc1.[Ba+2]. The Labute approximate surface area is 184 Å². The fourth-order valence-corrected chi connectivity index (χ4v) is 2.52. The van der Waals surface area contributed by atoms with Gasteiger partial charge in [0.2, 0.25) is 0 Å². The van der Waals surface area contributed by atoms with E-state index in [2.05, 4.69) is 6.92 Å². The van der Waals surface area contributed by atoms with Crippen LogP contribution in [0.5, 0.6) is 0 Å². The molecular formula is C19H24BaO4. The van der Waals surface area contributed by atoms with E-state index in [4.69, 9.17) is 0 Å². The molecule has 0 saturated heterocycles. The van der Waals surface area contributed by atoms with E-state index in [9.17, 15) is 19.8 Å². The molecule has 0 spiro atoms. The molecule has 0 fully saturated rings. The van der Waals surface area contributed by atoms with Crippen molar-refractivity contribution in [2.75, 3.05) is 0 Å². The number of unbranched alkanes of at least 4 members (excludes halogenated alkanes) is 6. The first kappa shape index (κ1) is 23.5. The van der Waals surface area contributed by atoms with Crippen LogP contribution < -0.4 is 10.2 Å². The first-order chi connectivity index (χ1) is 11.0. The molecule has 24 heavy (non-hydrogen) atoms. The molecule has 0 unspecified atom stereocenters. The quantitative estimate of drug-likeness (QED) is 0.289. The second-order valence-corrected chi connectivity index (χ2v) is 5.73. The number of aliphatic carboxylic acids is 2. The molecule has 0 saturated carbocycles. The van der Waals surface area contributed by atoms with Crippen LogP contribution >= 0.6 is 0 Å². The number of carbonyl (C=O) groups excluding carboxylic acids is 2. The Balaban J connectivity index is 0.00000529. The molecule has 0 N–H and O–H groups in total. The minimum atomic E-state index is -1.55. The van der Waals surface area contributed by atoms with E-state index in [0.29, 0.717) is 11.6 Å². The van der Waals surface area contributed by atoms with Crippen molar-refractivity contribution in [3.8, 4) is 0 Å². The van der Waals surface area contributed by atoms with Gasteiger partial charge in [-0.2, -0.15) is 0 Å². The molecule has 126 valence electrons. The van der Waals surface area contributed by atoms with E-state index in [1.54, 1.807) is 12.1 Å². The van der Waals surface area contributed by atoms with E-state index in [1.165, 1.54) is 38.5 Å². The van der Waals surface area contributed by atoms with Crippen molar-refractivity contribution in [3.05, 3.63) is 41.5 Å². The first-order valence-corrected chi connectivity index (χ1v) is 8.28. The molecule has 0 bridgehead atoms. The molecule has 5 heteroatoms. The summed E-state index contributed by atoms with van der Waals surface area (Å²) in [5.74, 6) is -3.06. The van der Waals surface area contributed by atoms with Gasteiger partial charge < -0.3 is 19.8 Å². The molecule has 1 aromatic rings. The molecule has 0 aliphatic carbocycles. The van der Waals surface area contributed by atoms with E-state index in [1.807, 2.05) is 12.1 Å². The summed E-state index contributed by atoms with van der Waals surface area (Å²) in [6.07, 6.45) is 10.2. The van der Waals surface area contributed by atoms with Crippen LogP contribution in [0.25, 0.3) is 5.57 Å². The van der Waals surface area contributed by atoms with Gasteiger partial charge in [0.15, 0.2) is 0 Å². The smallest absolute Gasteiger partial charge is 0.545 e. The normalized spacial score (nSPS) is 11.0. The Morgan fingerprint density at radius 3 is 1.96 bits per heavy atom. The average molecular weight is 454 g/mol. The molecule has 0 aromatic heterocycles. The van der Waals surface area contributed by atoms with Crippen LogP contribution in [-0.4, -0.2) is 60.8 Å². The maximum atomic E-state index is 11.0. The van der Waals surface area contributed by atoms with Crippen LogP contribution in [0.1, 0.15) is 63.0 Å². The van der Waals surface area contributed by atoms with Crippen LogP contribution in [0.3, 0.4) is 0 Å². The third-order valence-electron chi connectivity index (χ3n) is 3.82. The Morgan fingerprint density at radius 2 is 1.46 bits per heavy atom. The molecule has 0 aliphatic rings. The summed E-state index contributed by atoms with van der Waals surface area (Å²) < 4.78 is 0. The van der Waals surface area contributed by atoms with Crippen molar-refractivity contribution in [3.63, 3.8) is 0 Å². The molecule has 4 nitrogen and oxygen atoms in total. The second kappa shape index (κ2) is 13.7. The van der Waals surface area contributed by atoms with Gasteiger partial charge in [-0.1, -0.05) is 69.7 Å². The van der Waals surface area contributed by atoms with Gasteiger partial charge in [-0.15, -0.1) is 0 Å². The number of carboxylic acid groups (broad SMARTS) is 2. The van der Waals surface area contributed by atoms with Gasteiger partial charge in [0, 0.05) is 5.57 Å². The molecule has 1 aromatic carbocycles. The van der Waals surface area contributed by atoms with Crippen LogP contribution in [0, 0.1) is 0 Å². The van der Waals surface area contributed by atoms with Crippen molar-refractivity contribution in [1.29, 1.82) is 0 Å². The summed E-state index contributed by atoms with van der Waals surface area (Å²) in [6, 6.07) is 6.89. The van der Waals surface area contributed by atoms with E-state index in [-0.39, 0.29) is 54.5 Å². The maximum Gasteiger partial charge on any atom is 2.00 e. The summed E-state index contributed by atoms with van der Waals surface area (Å²) in [6.45, 7) is 2.21. The third-order valence-corrected chi connectivity index (χ3v) is 3.82. The van der Waals surface area contributed by atoms with Gasteiger partial charge in [0.1, 0.15) is 0 Å². The number of aryl methyl sites for hydroxylation is 1. The summed E-state index contributed by atoms with van der Waals surface area (Å²) in [4.78, 5) is 21.5. The molecule has 1 rings (SSSR count). The molecule has 0 atom stereocenters. The van der Waals surface area contributed by atoms with Crippen molar-refractivity contribution < 1.29 is 19.8 Å². The molecule has 0 radical (unpaired) electrons. The zero-order valence-corrected chi connectivity index (χ0v) is 18.8. The standard InChI is InChI=1S/C19H26O4.Ba/c1-2-3-4-5-6-7-8-9-15-10-12-16(13-11-15)17(19(22)23)14-18(20)21;/h10-14H,2-9H2,1H3,(H,20,21)(H,22,23);/q;+2/p-2/b17-14-;. The molecule has 0 heterocycles. The first-order valence-electron chi connectivity index (χ1n) is 8.28. The maximum absolute atomic E-state index is 11.0. The fraction of sp³-hybridized carbons (Fsp3) is 0.474. The van der Waals surface area contributed by atoms with Crippen LogP contribution in [0.4, 0.5) is 0 Å². The zero-order chi connectivity index (χ0) is 17.1. The predicted molar refractivity (Wildman–Crippen MR) is 91.9 cm³/mol. The van der Waals surface area contributed by atoms with E-state index < -0.39 is 11.9 Å². The van der Waals surface area contributed by atoms with Crippen molar-refractivity contribution in [2.24, 2.45) is 0 Å². The van der Waals surface area contributed by atoms with Crippen LogP contribution in [0.2, 0.25) is 0 Å². The number of hydrogen-bond donors (Lipinski definition) is 0. The van der Waals surface area contributed by atoms with Crippen LogP contribution in [-0.2, 0) is 16.0 Å². The van der Waals surface area contributed by atoms with Crippen molar-refractivity contribution in [1.82, 2.24) is 0 Å². The summed E-state index contributed by atoms with van der Waals surface area (Å²) in [5, 5.41) is 21.5. The second-order valence-electron chi connectivity index (χ2n) is 5.73. The molecular weight excluding hydrogens is 430 g/mol. The number of carbonyl (C=O) groups is 2. The number of hydrogen-bond acceptors (Lipinski definition) is 4. The predicted octanol–water partition coefficient (Wildman–Crippen LogP) is 1.48. The van der Waals surface area contributed by atoms with Gasteiger partial charge in [-0.05, 0) is 30.0 Å². The number of carboxylic acids is 2. The van der Waals surface area contributed by atoms with Gasteiger partial charge >= 0.3 is 48.9 Å². The Morgan fingerprint density at radius 1 is 0.917 bits per heavy atom. The minimum Gasteiger partial charge on any atom is -0.545 e. The number of benzene rings is 1. The van der Waals surface area contributed by atoms with Crippen molar-refractivity contribution in [2.45, 2.75) is 58.3 Å². The third kappa shape index (κ3) is 9.69. The topological polar surface area (TPSA) is 80.3 Å². The molecule has 0 amide bonds. The molecule has 0 aliphatic heterocycles. The van der Waals surface area contributed by atoms with Crippen molar-refractivity contribution >= 4 is 66.4 Å². The van der Waals surface area contributed by atoms with E-state index >= 15 is 0 Å². The van der Waals surface area contributed by atoms with Gasteiger partial charge in [0.05, 0.1) is 11.9 Å². The van der Waals surface area contributed by atoms with Gasteiger partial charge in [-0.25, -0.2) is 0 Å². The van der Waals surface area contributed by atoms with E-state index in [0.717, 1.165) is 18.4 Å². The van der Waals surface area contributed by atoms with Gasteiger partial charge in [0.25, 0.3) is 0 Å². The summed E-state index contributed by atoms with van der Waals surface area (Å²) in [5.41, 5.74) is 1.07. The Bertz CT molecular complexity index is 535. The fourth-order valence-electron chi connectivity index (χ4n) is 2.52. The largest absolute Gasteiger partial charge is 2.00 e. The summed E-state index contributed by atoms with van der Waals surface area (Å²) in [7, 11) is 0.